The summed E-state index contributed by atoms with van der Waals surface area (Å²) in [7, 11) is 14.4. The fraction of sp³-hybridized carbons (Fsp3) is 0.370. The number of fused-ring (bicyclic) bond motifs is 2. The van der Waals surface area contributed by atoms with Gasteiger partial charge in [0.1, 0.15) is 10.0 Å². The zero-order valence-electron chi connectivity index (χ0n) is 43.5. The minimum Gasteiger partial charge on any atom is -0.383 e. The summed E-state index contributed by atoms with van der Waals surface area (Å²) in [5.41, 5.74) is 11.2. The predicted molar refractivity (Wildman–Crippen MR) is 300 cm³/mol. The van der Waals surface area contributed by atoms with E-state index in [-0.39, 0.29) is 11.8 Å². The molecule has 392 valence electrons. The van der Waals surface area contributed by atoms with Gasteiger partial charge in [-0.15, -0.1) is 0 Å². The standard InChI is InChI=1S/2C27H34ClN7O2/c2*1-29-26(36)22-16-21(34(2)3)7-8-24(22)32-25-23(28)17-30-27(33-25)31-20-6-5-18-9-11-35(13-14-37-4)12-10-19(18)15-20/h2*5-8,15-17H,9-14H2,1-4H3,(H,29,36)(H2,30,31,32,33). The first-order valence-electron chi connectivity index (χ1n) is 24.6. The lowest BCUT2D eigenvalue weighted by atomic mass is 10.0. The van der Waals surface area contributed by atoms with Crippen LogP contribution < -0.4 is 41.7 Å². The van der Waals surface area contributed by atoms with Crippen LogP contribution in [0.25, 0.3) is 0 Å². The first-order valence-corrected chi connectivity index (χ1v) is 25.4. The molecule has 20 heteroatoms. The fourth-order valence-electron chi connectivity index (χ4n) is 8.61. The van der Waals surface area contributed by atoms with E-state index < -0.39 is 0 Å². The van der Waals surface area contributed by atoms with Crippen molar-refractivity contribution in [2.45, 2.75) is 25.7 Å². The van der Waals surface area contributed by atoms with Gasteiger partial charge in [-0.3, -0.25) is 9.59 Å². The highest BCUT2D eigenvalue weighted by Crippen LogP contribution is 2.32. The number of amides is 2. The van der Waals surface area contributed by atoms with Crippen LogP contribution in [0.1, 0.15) is 43.0 Å². The second kappa shape index (κ2) is 26.4. The van der Waals surface area contributed by atoms with Crippen LogP contribution in [0.2, 0.25) is 10.0 Å². The van der Waals surface area contributed by atoms with Crippen molar-refractivity contribution in [3.05, 3.63) is 129 Å². The van der Waals surface area contributed by atoms with Crippen molar-refractivity contribution >= 4 is 92.7 Å². The second-order valence-corrected chi connectivity index (χ2v) is 19.1. The lowest BCUT2D eigenvalue weighted by Crippen LogP contribution is -2.29. The zero-order valence-corrected chi connectivity index (χ0v) is 45.0. The van der Waals surface area contributed by atoms with Crippen LogP contribution >= 0.6 is 23.2 Å². The van der Waals surface area contributed by atoms with Crippen LogP contribution in [-0.4, -0.2) is 151 Å². The van der Waals surface area contributed by atoms with Gasteiger partial charge in [0, 0.05) is 119 Å². The molecular formula is C54H68Cl2N14O4. The molecule has 0 aliphatic carbocycles. The zero-order chi connectivity index (χ0) is 52.7. The monoisotopic (exact) mass is 1050 g/mol. The second-order valence-electron chi connectivity index (χ2n) is 18.3. The summed E-state index contributed by atoms with van der Waals surface area (Å²) in [5.74, 6) is 1.22. The van der Waals surface area contributed by atoms with Gasteiger partial charge in [0.2, 0.25) is 11.9 Å². The summed E-state index contributed by atoms with van der Waals surface area (Å²) < 4.78 is 10.5. The minimum absolute atomic E-state index is 0.208. The lowest BCUT2D eigenvalue weighted by molar-refractivity contribution is 0.0956. The van der Waals surface area contributed by atoms with Gasteiger partial charge in [-0.25, -0.2) is 9.97 Å². The maximum atomic E-state index is 12.5. The summed E-state index contributed by atoms with van der Waals surface area (Å²) in [5, 5.41) is 19.1. The van der Waals surface area contributed by atoms with Gasteiger partial charge in [-0.1, -0.05) is 35.3 Å². The predicted octanol–water partition coefficient (Wildman–Crippen LogP) is 8.18. The Morgan fingerprint density at radius 2 is 0.946 bits per heavy atom. The van der Waals surface area contributed by atoms with Crippen LogP contribution in [0.3, 0.4) is 0 Å². The third-order valence-corrected chi connectivity index (χ3v) is 13.5. The molecule has 74 heavy (non-hydrogen) atoms. The number of carbonyl (C=O) groups excluding carboxylic acids is 2. The van der Waals surface area contributed by atoms with Gasteiger partial charge in [0.05, 0.1) is 48.1 Å². The van der Waals surface area contributed by atoms with Crippen LogP contribution in [0, 0.1) is 0 Å². The largest absolute Gasteiger partial charge is 0.383 e. The molecule has 0 atom stereocenters. The van der Waals surface area contributed by atoms with Crippen LogP contribution in [0.5, 0.6) is 0 Å². The van der Waals surface area contributed by atoms with Crippen molar-refractivity contribution in [1.82, 2.24) is 40.4 Å². The Balaban J connectivity index is 0.000000216. The van der Waals surface area contributed by atoms with Gasteiger partial charge in [0.25, 0.3) is 11.8 Å². The Morgan fingerprint density at radius 1 is 0.554 bits per heavy atom. The molecule has 2 aliphatic heterocycles. The number of nitrogens with one attached hydrogen (secondary N) is 6. The molecule has 0 spiro atoms. The summed E-state index contributed by atoms with van der Waals surface area (Å²) in [6.45, 7) is 7.47. The smallest absolute Gasteiger partial charge is 0.253 e. The number of halogens is 2. The van der Waals surface area contributed by atoms with Gasteiger partial charge in [-0.05, 0) is 109 Å². The lowest BCUT2D eigenvalue weighted by Gasteiger charge is -2.18. The van der Waals surface area contributed by atoms with Crippen molar-refractivity contribution in [2.75, 3.05) is 140 Å². The van der Waals surface area contributed by atoms with E-state index in [1.807, 2.05) is 74.4 Å². The quantitative estimate of drug-likeness (QED) is 0.0483. The molecular weight excluding hydrogens is 980 g/mol. The van der Waals surface area contributed by atoms with Crippen molar-refractivity contribution in [2.24, 2.45) is 0 Å². The first-order chi connectivity index (χ1) is 35.7. The van der Waals surface area contributed by atoms with Crippen LogP contribution in [0.4, 0.5) is 57.7 Å². The number of hydrogen-bond donors (Lipinski definition) is 6. The summed E-state index contributed by atoms with van der Waals surface area (Å²) >= 11 is 12.8. The van der Waals surface area contributed by atoms with Gasteiger partial charge in [0.15, 0.2) is 11.6 Å². The molecule has 2 amide bonds. The third-order valence-electron chi connectivity index (χ3n) is 12.9. The van der Waals surface area contributed by atoms with E-state index in [1.165, 1.54) is 22.3 Å². The van der Waals surface area contributed by atoms with E-state index in [2.05, 4.69) is 98.0 Å². The van der Waals surface area contributed by atoms with E-state index in [0.717, 1.165) is 101 Å². The van der Waals surface area contributed by atoms with Crippen LogP contribution in [0.15, 0.2) is 85.2 Å². The number of anilines is 10. The number of hydrogen-bond acceptors (Lipinski definition) is 16. The number of nitrogens with zero attached hydrogens (tertiary/aromatic N) is 8. The molecule has 0 saturated heterocycles. The van der Waals surface area contributed by atoms with Gasteiger partial charge < -0.3 is 61.0 Å². The summed E-state index contributed by atoms with van der Waals surface area (Å²) in [6.07, 6.45) is 7.09. The molecule has 0 fully saturated rings. The molecule has 2 aliphatic rings. The SMILES string of the molecule is CNC(=O)c1cc(N(C)C)ccc1Nc1nc(Nc2ccc3c(c2)CCN(CCOC)CC3)ncc1Cl.CNC(=O)c1cc(N(C)C)ccc1Nc1nc(Nc2ccc3c(c2)CCN(CCOC)CC3)ncc1Cl. The number of benzene rings is 4. The molecule has 6 aromatic rings. The van der Waals surface area contributed by atoms with Gasteiger partial charge >= 0.3 is 0 Å². The molecule has 0 radical (unpaired) electrons. The first kappa shape index (κ1) is 55.0. The fourth-order valence-corrected chi connectivity index (χ4v) is 8.89. The Labute approximate surface area is 444 Å². The van der Waals surface area contributed by atoms with Crippen molar-refractivity contribution < 1.29 is 19.1 Å². The van der Waals surface area contributed by atoms with E-state index >= 15 is 0 Å². The molecule has 18 nitrogen and oxygen atoms in total. The van der Waals surface area contributed by atoms with Crippen LogP contribution in [-0.2, 0) is 35.2 Å². The van der Waals surface area contributed by atoms with E-state index in [1.54, 1.807) is 40.7 Å². The Bertz CT molecular complexity index is 2700. The molecule has 8 rings (SSSR count). The Kier molecular flexibility index (Phi) is 19.6. The summed E-state index contributed by atoms with van der Waals surface area (Å²) in [4.78, 5) is 51.8. The molecule has 6 N–H and O–H groups in total. The van der Waals surface area contributed by atoms with Gasteiger partial charge in [-0.2, -0.15) is 9.97 Å². The average molecular weight is 1050 g/mol. The average Bonchev–Trinajstić information content (AvgIpc) is 3.74. The Morgan fingerprint density at radius 3 is 1.31 bits per heavy atom. The number of carbonyl (C=O) groups is 2. The topological polar surface area (TPSA) is 189 Å². The number of methoxy groups -OCH3 is 2. The highest BCUT2D eigenvalue weighted by Gasteiger charge is 2.20. The third kappa shape index (κ3) is 14.7. The van der Waals surface area contributed by atoms with E-state index in [4.69, 9.17) is 32.7 Å². The molecule has 4 aromatic carbocycles. The van der Waals surface area contributed by atoms with E-state index in [0.29, 0.717) is 56.1 Å². The van der Waals surface area contributed by atoms with Crippen molar-refractivity contribution in [3.63, 3.8) is 0 Å². The summed E-state index contributed by atoms with van der Waals surface area (Å²) in [6, 6.07) is 24.0. The molecule has 0 bridgehead atoms. The van der Waals surface area contributed by atoms with E-state index in [9.17, 15) is 9.59 Å². The normalized spacial score (nSPS) is 13.4. The molecule has 0 unspecified atom stereocenters. The van der Waals surface area contributed by atoms with Crippen molar-refractivity contribution in [3.8, 4) is 0 Å². The highest BCUT2D eigenvalue weighted by atomic mass is 35.5. The maximum absolute atomic E-state index is 12.5. The number of aromatic nitrogens is 4. The molecule has 4 heterocycles. The number of ether oxygens (including phenoxy) is 2. The highest BCUT2D eigenvalue weighted by molar-refractivity contribution is 6.33. The molecule has 0 saturated carbocycles. The van der Waals surface area contributed by atoms with Crippen molar-refractivity contribution in [1.29, 1.82) is 0 Å². The Hall–Kier alpha value is -6.80. The maximum Gasteiger partial charge on any atom is 0.253 e. The minimum atomic E-state index is -0.208. The molecule has 2 aromatic heterocycles. The number of rotatable bonds is 18.